The van der Waals surface area contributed by atoms with Gasteiger partial charge in [-0.15, -0.1) is 30.6 Å². The zero-order chi connectivity index (χ0) is 41.9. The Balaban J connectivity index is 0.000000138. The van der Waals surface area contributed by atoms with Crippen LogP contribution in [0.5, 0.6) is 11.5 Å². The highest BCUT2D eigenvalue weighted by Crippen LogP contribution is 2.26. The van der Waals surface area contributed by atoms with Crippen molar-refractivity contribution in [1.29, 1.82) is 0 Å². The number of ether oxygens (including phenoxy) is 2. The van der Waals surface area contributed by atoms with Gasteiger partial charge in [0.05, 0.1) is 0 Å². The fourth-order valence-corrected chi connectivity index (χ4v) is 5.71. The molecule has 0 aliphatic carbocycles. The second kappa shape index (κ2) is 21.2. The minimum absolute atomic E-state index is 0.0576. The molecule has 17 heteroatoms. The van der Waals surface area contributed by atoms with E-state index in [0.29, 0.717) is 29.8 Å². The highest BCUT2D eigenvalue weighted by Gasteiger charge is 2.12. The van der Waals surface area contributed by atoms with Gasteiger partial charge in [-0.3, -0.25) is 0 Å². The molecule has 0 fully saturated rings. The maximum atomic E-state index is 11.8. The minimum Gasteiger partial charge on any atom is -0.489 e. The predicted molar refractivity (Wildman–Crippen MR) is 229 cm³/mol. The van der Waals surface area contributed by atoms with Crippen molar-refractivity contribution in [2.24, 2.45) is 0 Å². The van der Waals surface area contributed by atoms with Crippen LogP contribution in [0.15, 0.2) is 164 Å². The summed E-state index contributed by atoms with van der Waals surface area (Å²) in [4.78, 5) is 11.8. The van der Waals surface area contributed by atoms with Gasteiger partial charge in [0.2, 0.25) is 17.5 Å². The van der Waals surface area contributed by atoms with E-state index in [1.165, 1.54) is 5.56 Å². The third-order valence-corrected chi connectivity index (χ3v) is 8.76. The number of urea groups is 1. The summed E-state index contributed by atoms with van der Waals surface area (Å²) in [6.45, 7) is 2.67. The third kappa shape index (κ3) is 12.2. The Labute approximate surface area is 350 Å². The Morgan fingerprint density at radius 2 is 0.951 bits per heavy atom. The Kier molecular flexibility index (Phi) is 14.1. The van der Waals surface area contributed by atoms with E-state index in [9.17, 15) is 4.79 Å². The van der Waals surface area contributed by atoms with Crippen LogP contribution >= 0.6 is 0 Å². The van der Waals surface area contributed by atoms with Crippen LogP contribution in [-0.2, 0) is 6.61 Å². The van der Waals surface area contributed by atoms with Gasteiger partial charge >= 0.3 is 6.03 Å². The molecule has 0 spiro atoms. The van der Waals surface area contributed by atoms with Crippen molar-refractivity contribution >= 4 is 17.4 Å². The van der Waals surface area contributed by atoms with Gasteiger partial charge in [-0.05, 0) is 118 Å². The number of nitrogens with zero attached hydrogens (tertiary/aromatic N) is 9. The summed E-state index contributed by atoms with van der Waals surface area (Å²) in [6.07, 6.45) is 0.971. The molecular weight excluding hydrogens is 773 g/mol. The summed E-state index contributed by atoms with van der Waals surface area (Å²) in [5.74, 6) is 3.32. The molecule has 9 rings (SSSR count). The number of carbonyl (C=O) groups excluding carboxylic acids is 1. The molecule has 0 aliphatic rings. The molecule has 5 N–H and O–H groups in total. The minimum atomic E-state index is -0.298. The van der Waals surface area contributed by atoms with Gasteiger partial charge < -0.3 is 20.1 Å². The van der Waals surface area contributed by atoms with Gasteiger partial charge in [0.15, 0.2) is 0 Å². The summed E-state index contributed by atoms with van der Waals surface area (Å²) < 4.78 is 11.8. The fraction of sp³-hybridized carbons (Fsp3) is 0.0909. The molecule has 0 radical (unpaired) electrons. The smallest absolute Gasteiger partial charge is 0.323 e. The summed E-state index contributed by atoms with van der Waals surface area (Å²) >= 11 is 0. The maximum absolute atomic E-state index is 11.8. The molecular formula is C44H40N14O3. The van der Waals surface area contributed by atoms with Crippen LogP contribution in [0.4, 0.5) is 16.2 Å². The number of nitrogens with one attached hydrogen (secondary N) is 5. The van der Waals surface area contributed by atoms with Crippen LogP contribution in [0.2, 0.25) is 0 Å². The number of amides is 2. The average Bonchev–Trinajstić information content (AvgIpc) is 4.16. The second-order valence-electron chi connectivity index (χ2n) is 13.0. The largest absolute Gasteiger partial charge is 0.489 e. The number of rotatable bonds is 12. The van der Waals surface area contributed by atoms with Crippen LogP contribution in [0, 0.1) is 0 Å². The topological polar surface area (TPSA) is 223 Å². The Bertz CT molecular complexity index is 2580. The van der Waals surface area contributed by atoms with E-state index >= 15 is 0 Å². The van der Waals surface area contributed by atoms with E-state index in [2.05, 4.69) is 91.6 Å². The van der Waals surface area contributed by atoms with Crippen molar-refractivity contribution in [3.8, 4) is 45.7 Å². The molecule has 2 amide bonds. The fourth-order valence-electron chi connectivity index (χ4n) is 5.71. The number of hydrogen-bond acceptors (Lipinski definition) is 12. The number of H-pyrrole nitrogens is 3. The quantitative estimate of drug-likeness (QED) is 0.0785. The lowest BCUT2D eigenvalue weighted by atomic mass is 10.1. The zero-order valence-corrected chi connectivity index (χ0v) is 32.8. The van der Waals surface area contributed by atoms with E-state index < -0.39 is 0 Å². The number of aromatic amines is 3. The van der Waals surface area contributed by atoms with Crippen molar-refractivity contribution in [2.75, 3.05) is 10.6 Å². The van der Waals surface area contributed by atoms with Crippen LogP contribution in [0.1, 0.15) is 30.6 Å². The van der Waals surface area contributed by atoms with E-state index in [1.807, 2.05) is 140 Å². The highest BCUT2D eigenvalue weighted by atomic mass is 16.5. The molecule has 3 aromatic heterocycles. The molecule has 6 aromatic carbocycles. The molecule has 61 heavy (non-hydrogen) atoms. The molecule has 0 bridgehead atoms. The molecule has 17 nitrogen and oxygen atoms in total. The van der Waals surface area contributed by atoms with E-state index in [-0.39, 0.29) is 12.1 Å². The van der Waals surface area contributed by atoms with E-state index in [0.717, 1.165) is 45.9 Å². The summed E-state index contributed by atoms with van der Waals surface area (Å²) in [5.41, 5.74) is 6.36. The number of benzene rings is 6. The number of aromatic nitrogens is 12. The Morgan fingerprint density at radius 3 is 1.41 bits per heavy atom. The van der Waals surface area contributed by atoms with Crippen LogP contribution in [0.3, 0.4) is 0 Å². The van der Waals surface area contributed by atoms with Gasteiger partial charge in [-0.2, -0.15) is 15.6 Å². The highest BCUT2D eigenvalue weighted by molar-refractivity contribution is 5.99. The number of para-hydroxylation sites is 1. The monoisotopic (exact) mass is 812 g/mol. The number of hydrogen-bond donors (Lipinski definition) is 5. The lowest BCUT2D eigenvalue weighted by molar-refractivity contribution is 0.201. The van der Waals surface area contributed by atoms with Gasteiger partial charge in [0.1, 0.15) is 24.2 Å². The van der Waals surface area contributed by atoms with E-state index in [1.54, 1.807) is 12.1 Å². The molecule has 304 valence electrons. The van der Waals surface area contributed by atoms with Gasteiger partial charge in [-0.1, -0.05) is 85.8 Å². The number of tetrazole rings is 3. The SMILES string of the molecule is CCC(Oc1ccc(-c2nn[nH]n2)cc1)c1ccccc1.O=C(Nc1ccccc1)Nc1ccc(-c2nn[nH]n2)cc1.c1ccc(COc2ccc(-c3nn[nH]n3)cc2)cc1. The van der Waals surface area contributed by atoms with Gasteiger partial charge in [0.25, 0.3) is 0 Å². The molecule has 0 aliphatic heterocycles. The molecule has 1 atom stereocenters. The van der Waals surface area contributed by atoms with E-state index in [4.69, 9.17) is 9.47 Å². The first-order valence-corrected chi connectivity index (χ1v) is 19.1. The third-order valence-electron chi connectivity index (χ3n) is 8.76. The Morgan fingerprint density at radius 1 is 0.525 bits per heavy atom. The average molecular weight is 813 g/mol. The Hall–Kier alpha value is -8.60. The van der Waals surface area contributed by atoms with Crippen molar-refractivity contribution in [2.45, 2.75) is 26.1 Å². The first-order chi connectivity index (χ1) is 30.1. The maximum Gasteiger partial charge on any atom is 0.323 e. The van der Waals surface area contributed by atoms with Crippen LogP contribution < -0.4 is 20.1 Å². The first-order valence-electron chi connectivity index (χ1n) is 19.1. The van der Waals surface area contributed by atoms with Gasteiger partial charge in [-0.25, -0.2) is 4.79 Å². The molecule has 1 unspecified atom stereocenters. The normalized spacial score (nSPS) is 10.8. The van der Waals surface area contributed by atoms with Crippen molar-refractivity contribution in [1.82, 2.24) is 61.9 Å². The first kappa shape index (κ1) is 40.6. The summed E-state index contributed by atoms with van der Waals surface area (Å²) in [5, 5.41) is 46.9. The second-order valence-corrected chi connectivity index (χ2v) is 13.0. The van der Waals surface area contributed by atoms with Crippen molar-refractivity contribution < 1.29 is 14.3 Å². The van der Waals surface area contributed by atoms with Crippen LogP contribution in [0.25, 0.3) is 34.2 Å². The molecule has 9 aromatic rings. The molecule has 0 saturated heterocycles. The number of anilines is 2. The predicted octanol–water partition coefficient (Wildman–Crippen LogP) is 8.35. The zero-order valence-electron chi connectivity index (χ0n) is 32.8. The molecule has 0 saturated carbocycles. The van der Waals surface area contributed by atoms with Crippen molar-refractivity contribution in [3.63, 3.8) is 0 Å². The molecule has 3 heterocycles. The van der Waals surface area contributed by atoms with Crippen molar-refractivity contribution in [3.05, 3.63) is 175 Å². The standard InChI is InChI=1S/C16H16N4O.C14H12N6O.C14H12N4O/c1-2-15(12-6-4-3-5-7-12)21-14-10-8-13(9-11-14)16-17-19-20-18-16;21-14(15-11-4-2-1-3-5-11)16-12-8-6-10(7-9-12)13-17-19-20-18-13;1-2-4-11(5-3-1)10-19-13-8-6-12(7-9-13)14-15-17-18-16-14/h3-11,15H,2H2,1H3,(H,17,18,19,20);1-9H,(H2,15,16,21)(H,17,18,19,20);1-9H,10H2,(H,15,16,17,18). The van der Waals surface area contributed by atoms with Gasteiger partial charge in [0, 0.05) is 28.1 Å². The lowest BCUT2D eigenvalue weighted by Crippen LogP contribution is -2.19. The number of carbonyl (C=O) groups is 1. The summed E-state index contributed by atoms with van der Waals surface area (Å²) in [6, 6.07) is 51.7. The lowest BCUT2D eigenvalue weighted by Gasteiger charge is -2.18. The summed E-state index contributed by atoms with van der Waals surface area (Å²) in [7, 11) is 0. The van der Waals surface area contributed by atoms with Crippen LogP contribution in [-0.4, -0.2) is 67.9 Å².